The number of carboxylic acids is 1. The summed E-state index contributed by atoms with van der Waals surface area (Å²) in [7, 11) is 1.56. The first kappa shape index (κ1) is 21.4. The van der Waals surface area contributed by atoms with Crippen LogP contribution in [0, 0.1) is 0 Å². The van der Waals surface area contributed by atoms with E-state index >= 15 is 0 Å². The van der Waals surface area contributed by atoms with Crippen LogP contribution in [0.2, 0.25) is 5.02 Å². The third kappa shape index (κ3) is 4.31. The Hall–Kier alpha value is -3.32. The lowest BCUT2D eigenvalue weighted by molar-refractivity contribution is -0.114. The van der Waals surface area contributed by atoms with E-state index in [1.54, 1.807) is 38.3 Å². The molecule has 30 heavy (non-hydrogen) atoms. The number of rotatable bonds is 7. The molecule has 7 nitrogen and oxygen atoms in total. The minimum absolute atomic E-state index is 0.0897. The maximum Gasteiger partial charge on any atom is 0.337 e. The number of hydrazone groups is 1. The molecule has 1 aliphatic rings. The van der Waals surface area contributed by atoms with E-state index in [0.717, 1.165) is 12.0 Å². The Morgan fingerprint density at radius 1 is 1.23 bits per heavy atom. The van der Waals surface area contributed by atoms with Crippen LogP contribution in [0.4, 0.5) is 5.69 Å². The van der Waals surface area contributed by atoms with Crippen molar-refractivity contribution in [3.05, 3.63) is 58.1 Å². The van der Waals surface area contributed by atoms with E-state index in [1.165, 1.54) is 17.1 Å². The van der Waals surface area contributed by atoms with Crippen molar-refractivity contribution in [2.24, 2.45) is 5.10 Å². The number of nitrogens with zero attached hydrogens (tertiary/aromatic N) is 2. The van der Waals surface area contributed by atoms with E-state index in [-0.39, 0.29) is 16.5 Å². The Bertz CT molecular complexity index is 1060. The molecular weight excluding hydrogens is 408 g/mol. The Morgan fingerprint density at radius 3 is 2.67 bits per heavy atom. The maximum absolute atomic E-state index is 13.0. The molecule has 0 fully saturated rings. The zero-order chi connectivity index (χ0) is 21.8. The number of carboxylic acid groups (broad SMARTS) is 1. The predicted molar refractivity (Wildman–Crippen MR) is 116 cm³/mol. The van der Waals surface area contributed by atoms with Gasteiger partial charge in [-0.25, -0.2) is 4.79 Å². The van der Waals surface area contributed by atoms with Crippen LogP contribution in [-0.4, -0.2) is 36.4 Å². The maximum atomic E-state index is 13.0. The molecule has 0 spiro atoms. The minimum atomic E-state index is -1.18. The molecule has 0 saturated carbocycles. The summed E-state index contributed by atoms with van der Waals surface area (Å²) < 4.78 is 11.0. The van der Waals surface area contributed by atoms with Gasteiger partial charge in [-0.2, -0.15) is 10.1 Å². The molecule has 0 bridgehead atoms. The van der Waals surface area contributed by atoms with Crippen molar-refractivity contribution in [3.63, 3.8) is 0 Å². The molecule has 0 aromatic heterocycles. The van der Waals surface area contributed by atoms with Crippen LogP contribution < -0.4 is 14.5 Å². The number of halogens is 1. The van der Waals surface area contributed by atoms with E-state index in [1.807, 2.05) is 13.0 Å². The number of hydrogen-bond donors (Lipinski definition) is 1. The Balaban J connectivity index is 1.91. The monoisotopic (exact) mass is 428 g/mol. The number of benzene rings is 2. The number of anilines is 1. The van der Waals surface area contributed by atoms with E-state index in [2.05, 4.69) is 5.10 Å². The van der Waals surface area contributed by atoms with Crippen molar-refractivity contribution >= 4 is 41.0 Å². The number of amides is 1. The van der Waals surface area contributed by atoms with E-state index < -0.39 is 5.97 Å². The molecule has 3 rings (SSSR count). The summed E-state index contributed by atoms with van der Waals surface area (Å²) in [6, 6.07) is 9.71. The summed E-state index contributed by atoms with van der Waals surface area (Å²) in [5.74, 6) is -0.342. The number of carbonyl (C=O) groups excluding carboxylic acids is 1. The molecular formula is C22H21ClN2O5. The molecule has 0 saturated heterocycles. The van der Waals surface area contributed by atoms with Crippen molar-refractivity contribution in [1.82, 2.24) is 0 Å². The van der Waals surface area contributed by atoms with E-state index in [9.17, 15) is 14.7 Å². The van der Waals surface area contributed by atoms with Crippen molar-refractivity contribution in [2.45, 2.75) is 20.3 Å². The van der Waals surface area contributed by atoms with Crippen LogP contribution in [0.5, 0.6) is 11.5 Å². The van der Waals surface area contributed by atoms with Gasteiger partial charge < -0.3 is 14.6 Å². The largest absolute Gasteiger partial charge is 0.493 e. The Morgan fingerprint density at radius 2 is 2.00 bits per heavy atom. The molecule has 0 aliphatic carbocycles. The van der Waals surface area contributed by atoms with Crippen LogP contribution in [0.3, 0.4) is 0 Å². The summed E-state index contributed by atoms with van der Waals surface area (Å²) in [5, 5.41) is 14.8. The fourth-order valence-electron chi connectivity index (χ4n) is 2.94. The van der Waals surface area contributed by atoms with Gasteiger partial charge >= 0.3 is 5.97 Å². The highest BCUT2D eigenvalue weighted by molar-refractivity contribution is 6.34. The van der Waals surface area contributed by atoms with Crippen molar-refractivity contribution in [3.8, 4) is 11.5 Å². The molecule has 2 aromatic carbocycles. The fourth-order valence-corrected chi connectivity index (χ4v) is 3.14. The van der Waals surface area contributed by atoms with Gasteiger partial charge in [-0.3, -0.25) is 4.79 Å². The topological polar surface area (TPSA) is 88.4 Å². The van der Waals surface area contributed by atoms with Crippen LogP contribution in [0.1, 0.15) is 36.2 Å². The van der Waals surface area contributed by atoms with E-state index in [4.69, 9.17) is 21.1 Å². The van der Waals surface area contributed by atoms with Crippen molar-refractivity contribution in [1.29, 1.82) is 0 Å². The summed E-state index contributed by atoms with van der Waals surface area (Å²) >= 11 is 5.92. The third-order valence-electron chi connectivity index (χ3n) is 4.45. The molecule has 1 aliphatic heterocycles. The number of ether oxygens (including phenoxy) is 2. The van der Waals surface area contributed by atoms with Crippen LogP contribution in [0.15, 0.2) is 47.1 Å². The van der Waals surface area contributed by atoms with Crippen LogP contribution in [0.25, 0.3) is 6.08 Å². The van der Waals surface area contributed by atoms with E-state index in [0.29, 0.717) is 35.1 Å². The Kier molecular flexibility index (Phi) is 6.42. The molecule has 0 radical (unpaired) electrons. The molecule has 0 unspecified atom stereocenters. The van der Waals surface area contributed by atoms with Crippen molar-refractivity contribution < 1.29 is 24.2 Å². The zero-order valence-electron chi connectivity index (χ0n) is 16.8. The quantitative estimate of drug-likeness (QED) is 0.649. The molecule has 8 heteroatoms. The number of hydrogen-bond acceptors (Lipinski definition) is 5. The van der Waals surface area contributed by atoms with Gasteiger partial charge in [0.15, 0.2) is 11.5 Å². The van der Waals surface area contributed by atoms with Crippen LogP contribution >= 0.6 is 11.6 Å². The number of aromatic carboxylic acids is 1. The van der Waals surface area contributed by atoms with Gasteiger partial charge in [0.05, 0.1) is 41.3 Å². The van der Waals surface area contributed by atoms with Gasteiger partial charge in [0.1, 0.15) is 0 Å². The van der Waals surface area contributed by atoms with Gasteiger partial charge in [0, 0.05) is 0 Å². The smallest absolute Gasteiger partial charge is 0.337 e. The normalized spacial score (nSPS) is 14.8. The highest BCUT2D eigenvalue weighted by Crippen LogP contribution is 2.31. The second kappa shape index (κ2) is 9.00. The molecule has 1 amide bonds. The Labute approximate surface area is 179 Å². The third-order valence-corrected chi connectivity index (χ3v) is 4.78. The lowest BCUT2D eigenvalue weighted by atomic mass is 10.1. The molecule has 1 N–H and O–H groups in total. The zero-order valence-corrected chi connectivity index (χ0v) is 17.6. The van der Waals surface area contributed by atoms with Gasteiger partial charge in [-0.1, -0.05) is 24.6 Å². The highest BCUT2D eigenvalue weighted by atomic mass is 35.5. The molecule has 0 atom stereocenters. The molecule has 2 aromatic rings. The lowest BCUT2D eigenvalue weighted by Crippen LogP contribution is -2.21. The number of carbonyl (C=O) groups is 2. The minimum Gasteiger partial charge on any atom is -0.493 e. The fraction of sp³-hybridized carbons (Fsp3) is 0.227. The predicted octanol–water partition coefficient (Wildman–Crippen LogP) is 4.64. The second-order valence-corrected chi connectivity index (χ2v) is 7.00. The average molecular weight is 429 g/mol. The number of methoxy groups -OCH3 is 1. The van der Waals surface area contributed by atoms with Gasteiger partial charge in [-0.05, 0) is 55.3 Å². The van der Waals surface area contributed by atoms with Crippen molar-refractivity contribution in [2.75, 3.05) is 18.7 Å². The van der Waals surface area contributed by atoms with Crippen LogP contribution in [-0.2, 0) is 4.79 Å². The molecule has 1 heterocycles. The molecule has 156 valence electrons. The highest BCUT2D eigenvalue weighted by Gasteiger charge is 2.29. The summed E-state index contributed by atoms with van der Waals surface area (Å²) in [4.78, 5) is 24.3. The summed E-state index contributed by atoms with van der Waals surface area (Å²) in [6.45, 7) is 4.31. The summed E-state index contributed by atoms with van der Waals surface area (Å²) in [6.07, 6.45) is 2.59. The average Bonchev–Trinajstić information content (AvgIpc) is 3.01. The first-order chi connectivity index (χ1) is 14.3. The van der Waals surface area contributed by atoms with Gasteiger partial charge in [0.2, 0.25) is 0 Å². The SMILES string of the molecule is CCCOc1ccc(C=C2C(=O)N(c3ccc(Cl)c(C(=O)O)c3)N=C2C)cc1OC. The standard InChI is InChI=1S/C22H21ClN2O5/c1-4-9-30-19-8-5-14(11-20(19)29-3)10-16-13(2)24-25(21(16)26)15-6-7-18(23)17(12-15)22(27)28/h5-8,10-12H,4,9H2,1-3H3,(H,27,28). The second-order valence-electron chi connectivity index (χ2n) is 6.59. The van der Waals surface area contributed by atoms with Gasteiger partial charge in [0.25, 0.3) is 5.91 Å². The summed E-state index contributed by atoms with van der Waals surface area (Å²) in [5.41, 5.74) is 1.88. The van der Waals surface area contributed by atoms with Gasteiger partial charge in [-0.15, -0.1) is 0 Å². The first-order valence-electron chi connectivity index (χ1n) is 9.31. The lowest BCUT2D eigenvalue weighted by Gasteiger charge is -2.13. The first-order valence-corrected chi connectivity index (χ1v) is 9.69.